The predicted octanol–water partition coefficient (Wildman–Crippen LogP) is 4.75. The molecule has 0 aliphatic heterocycles. The van der Waals surface area contributed by atoms with Crippen LogP contribution in [-0.4, -0.2) is 0 Å². The lowest BCUT2D eigenvalue weighted by Gasteiger charge is -2.00. The first-order valence-electron chi connectivity index (χ1n) is 5.21. The van der Waals surface area contributed by atoms with Crippen LogP contribution in [0.25, 0.3) is 0 Å². The predicted molar refractivity (Wildman–Crippen MR) is 70.8 cm³/mol. The Kier molecular flexibility index (Phi) is 8.08. The summed E-state index contributed by atoms with van der Waals surface area (Å²) in [7, 11) is 0. The molecule has 0 fully saturated rings. The monoisotopic (exact) mass is 200 g/mol. The molecule has 0 unspecified atom stereocenters. The van der Waals surface area contributed by atoms with E-state index in [0.29, 0.717) is 0 Å². The molecule has 0 bridgehead atoms. The van der Waals surface area contributed by atoms with Gasteiger partial charge in [-0.2, -0.15) is 0 Å². The van der Waals surface area contributed by atoms with E-state index in [1.807, 2.05) is 57.2 Å². The summed E-state index contributed by atoms with van der Waals surface area (Å²) < 4.78 is 0. The van der Waals surface area contributed by atoms with E-state index in [4.69, 9.17) is 0 Å². The highest BCUT2D eigenvalue weighted by atomic mass is 14.0. The summed E-state index contributed by atoms with van der Waals surface area (Å²) in [5.41, 5.74) is 2.32. The molecule has 0 atom stereocenters. The summed E-state index contributed by atoms with van der Waals surface area (Å²) in [6.07, 6.45) is 18.2. The maximum Gasteiger partial charge on any atom is -0.0193 e. The smallest absolute Gasteiger partial charge is 0.0193 e. The molecule has 0 heterocycles. The zero-order valence-corrected chi connectivity index (χ0v) is 9.90. The average molecular weight is 200 g/mol. The van der Waals surface area contributed by atoms with Gasteiger partial charge in [0.1, 0.15) is 0 Å². The van der Waals surface area contributed by atoms with Crippen molar-refractivity contribution in [2.45, 2.75) is 20.8 Å². The lowest BCUT2D eigenvalue weighted by Crippen LogP contribution is -1.81. The number of hydrogen-bond donors (Lipinski definition) is 0. The third-order valence-corrected chi connectivity index (χ3v) is 1.91. The van der Waals surface area contributed by atoms with Gasteiger partial charge >= 0.3 is 0 Å². The molecule has 0 aliphatic rings. The molecule has 0 radical (unpaired) electrons. The van der Waals surface area contributed by atoms with Crippen molar-refractivity contribution in [2.24, 2.45) is 0 Å². The molecule has 0 N–H and O–H groups in total. The Labute approximate surface area is 93.7 Å². The highest BCUT2D eigenvalue weighted by Crippen LogP contribution is 2.13. The fourth-order valence-corrected chi connectivity index (χ4v) is 1.11. The van der Waals surface area contributed by atoms with Gasteiger partial charge in [-0.3, -0.25) is 0 Å². The van der Waals surface area contributed by atoms with Gasteiger partial charge in [0.25, 0.3) is 0 Å². The summed E-state index contributed by atoms with van der Waals surface area (Å²) >= 11 is 0. The Hall–Kier alpha value is -1.56. The van der Waals surface area contributed by atoms with Crippen molar-refractivity contribution >= 4 is 0 Å². The van der Waals surface area contributed by atoms with Crippen LogP contribution >= 0.6 is 0 Å². The van der Waals surface area contributed by atoms with Crippen LogP contribution in [0.1, 0.15) is 20.8 Å². The van der Waals surface area contributed by atoms with Crippen LogP contribution in [0.2, 0.25) is 0 Å². The SMILES string of the molecule is C=CC(=C\C=C/C)/C(/C=C\C=C/C)=C/C. The minimum atomic E-state index is 1.14. The second-order valence-corrected chi connectivity index (χ2v) is 2.98. The lowest BCUT2D eigenvalue weighted by atomic mass is 10.0. The molecule has 15 heavy (non-hydrogen) atoms. The molecule has 0 spiro atoms. The van der Waals surface area contributed by atoms with Gasteiger partial charge in [0, 0.05) is 0 Å². The number of allylic oxidation sites excluding steroid dienone is 11. The van der Waals surface area contributed by atoms with Crippen molar-refractivity contribution < 1.29 is 0 Å². The van der Waals surface area contributed by atoms with E-state index >= 15 is 0 Å². The molecule has 0 aromatic rings. The summed E-state index contributed by atoms with van der Waals surface area (Å²) in [6, 6.07) is 0. The Balaban J connectivity index is 4.86. The van der Waals surface area contributed by atoms with Gasteiger partial charge in [-0.1, -0.05) is 61.3 Å². The molecule has 0 saturated heterocycles. The Morgan fingerprint density at radius 1 is 0.867 bits per heavy atom. The minimum absolute atomic E-state index is 1.14. The van der Waals surface area contributed by atoms with Crippen molar-refractivity contribution in [1.82, 2.24) is 0 Å². The lowest BCUT2D eigenvalue weighted by molar-refractivity contribution is 1.50. The third kappa shape index (κ3) is 5.69. The second kappa shape index (κ2) is 9.01. The van der Waals surface area contributed by atoms with Crippen LogP contribution in [0.3, 0.4) is 0 Å². The first kappa shape index (κ1) is 13.4. The van der Waals surface area contributed by atoms with Crippen LogP contribution in [-0.2, 0) is 0 Å². The van der Waals surface area contributed by atoms with E-state index in [0.717, 1.165) is 5.57 Å². The molecular weight excluding hydrogens is 180 g/mol. The summed E-state index contributed by atoms with van der Waals surface area (Å²) in [5, 5.41) is 0. The van der Waals surface area contributed by atoms with Crippen molar-refractivity contribution in [1.29, 1.82) is 0 Å². The van der Waals surface area contributed by atoms with E-state index in [2.05, 4.69) is 24.8 Å². The molecule has 0 aliphatic carbocycles. The average Bonchev–Trinajstić information content (AvgIpc) is 2.27. The number of hydrogen-bond acceptors (Lipinski definition) is 0. The molecule has 0 rings (SSSR count). The molecule has 0 amide bonds. The normalized spacial score (nSPS) is 14.6. The molecule has 0 aromatic carbocycles. The largest absolute Gasteiger partial charge is 0.0984 e. The van der Waals surface area contributed by atoms with E-state index < -0.39 is 0 Å². The van der Waals surface area contributed by atoms with Crippen molar-refractivity contribution in [3.8, 4) is 0 Å². The number of rotatable bonds is 5. The fourth-order valence-electron chi connectivity index (χ4n) is 1.11. The Morgan fingerprint density at radius 3 is 2.00 bits per heavy atom. The van der Waals surface area contributed by atoms with Crippen molar-refractivity contribution in [3.05, 3.63) is 72.4 Å². The quantitative estimate of drug-likeness (QED) is 0.562. The van der Waals surface area contributed by atoms with E-state index in [-0.39, 0.29) is 0 Å². The minimum Gasteiger partial charge on any atom is -0.0984 e. The topological polar surface area (TPSA) is 0 Å². The highest BCUT2D eigenvalue weighted by molar-refractivity contribution is 5.47. The summed E-state index contributed by atoms with van der Waals surface area (Å²) in [6.45, 7) is 9.85. The molecule has 0 saturated carbocycles. The van der Waals surface area contributed by atoms with E-state index in [1.54, 1.807) is 0 Å². The van der Waals surface area contributed by atoms with Gasteiger partial charge in [-0.25, -0.2) is 0 Å². The van der Waals surface area contributed by atoms with Crippen molar-refractivity contribution in [2.75, 3.05) is 0 Å². The first-order valence-corrected chi connectivity index (χ1v) is 5.21. The van der Waals surface area contributed by atoms with Crippen LogP contribution in [0.15, 0.2) is 72.4 Å². The molecular formula is C15H20. The summed E-state index contributed by atoms with van der Waals surface area (Å²) in [4.78, 5) is 0. The third-order valence-electron chi connectivity index (χ3n) is 1.91. The highest BCUT2D eigenvalue weighted by Gasteiger charge is 1.93. The van der Waals surface area contributed by atoms with Gasteiger partial charge in [0.15, 0.2) is 0 Å². The van der Waals surface area contributed by atoms with E-state index in [9.17, 15) is 0 Å². The molecule has 80 valence electrons. The first-order chi connectivity index (χ1) is 7.29. The zero-order chi connectivity index (χ0) is 11.5. The van der Waals surface area contributed by atoms with Gasteiger partial charge in [0.2, 0.25) is 0 Å². The molecule has 0 nitrogen and oxygen atoms in total. The maximum atomic E-state index is 3.82. The van der Waals surface area contributed by atoms with Gasteiger partial charge in [-0.05, 0) is 31.9 Å². The maximum absolute atomic E-state index is 3.82. The van der Waals surface area contributed by atoms with Gasteiger partial charge < -0.3 is 0 Å². The van der Waals surface area contributed by atoms with Crippen LogP contribution in [0, 0.1) is 0 Å². The van der Waals surface area contributed by atoms with Crippen LogP contribution in [0.4, 0.5) is 0 Å². The van der Waals surface area contributed by atoms with Crippen LogP contribution in [0.5, 0.6) is 0 Å². The Morgan fingerprint density at radius 2 is 1.53 bits per heavy atom. The van der Waals surface area contributed by atoms with E-state index in [1.165, 1.54) is 5.57 Å². The zero-order valence-electron chi connectivity index (χ0n) is 9.90. The van der Waals surface area contributed by atoms with Gasteiger partial charge in [-0.15, -0.1) is 0 Å². The van der Waals surface area contributed by atoms with Crippen LogP contribution < -0.4 is 0 Å². The summed E-state index contributed by atoms with van der Waals surface area (Å²) in [5.74, 6) is 0. The Bertz CT molecular complexity index is 320. The van der Waals surface area contributed by atoms with Gasteiger partial charge in [0.05, 0.1) is 0 Å². The van der Waals surface area contributed by atoms with Crippen molar-refractivity contribution in [3.63, 3.8) is 0 Å². The standard InChI is InChI=1S/C15H20/c1-5-9-11-13-15(8-4)14(7-3)12-10-6-2/h5-13H,3H2,1-2,4H3/b9-5-,10-6-,13-11-,14-12+,15-8+. The molecule has 0 aromatic heterocycles. The molecule has 0 heteroatoms. The fraction of sp³-hybridized carbons (Fsp3) is 0.200. The second-order valence-electron chi connectivity index (χ2n) is 2.98.